The molecule has 2 saturated heterocycles. The van der Waals surface area contributed by atoms with E-state index < -0.39 is 5.60 Å². The fraction of sp³-hybridized carbons (Fsp3) is 0.550. The van der Waals surface area contributed by atoms with Crippen molar-refractivity contribution in [2.24, 2.45) is 7.05 Å². The molecule has 0 saturated carbocycles. The molecule has 2 fully saturated rings. The van der Waals surface area contributed by atoms with Crippen molar-refractivity contribution in [2.45, 2.75) is 31.8 Å². The molecule has 4 rings (SSSR count). The first-order chi connectivity index (χ1) is 12.0. The minimum Gasteiger partial charge on any atom is -0.387 e. The van der Waals surface area contributed by atoms with Gasteiger partial charge in [0.25, 0.3) is 5.91 Å². The van der Waals surface area contributed by atoms with Gasteiger partial charge in [0.05, 0.1) is 17.7 Å². The van der Waals surface area contributed by atoms with E-state index in [4.69, 9.17) is 0 Å². The van der Waals surface area contributed by atoms with E-state index in [0.29, 0.717) is 26.1 Å². The van der Waals surface area contributed by atoms with E-state index in [-0.39, 0.29) is 5.91 Å². The Hall–Kier alpha value is -1.85. The van der Waals surface area contributed by atoms with Gasteiger partial charge in [-0.15, -0.1) is 0 Å². The summed E-state index contributed by atoms with van der Waals surface area (Å²) in [5.41, 5.74) is 2.08. The fourth-order valence-electron chi connectivity index (χ4n) is 4.46. The number of aryl methyl sites for hydroxylation is 1. The molecule has 1 aromatic carbocycles. The van der Waals surface area contributed by atoms with Gasteiger partial charge in [-0.25, -0.2) is 0 Å². The molecule has 0 aliphatic carbocycles. The number of aliphatic hydroxyl groups is 1. The number of hydrogen-bond acceptors (Lipinski definition) is 3. The molecule has 1 amide bonds. The SMILES string of the molecule is Cc1c(C(=O)N2CC[C@@](O)(CN3CCCC3)C2)c2ccccc2n1C. The van der Waals surface area contributed by atoms with Crippen LogP contribution in [0.2, 0.25) is 0 Å². The zero-order valence-corrected chi connectivity index (χ0v) is 15.2. The van der Waals surface area contributed by atoms with Gasteiger partial charge in [0.15, 0.2) is 0 Å². The van der Waals surface area contributed by atoms with E-state index in [9.17, 15) is 9.90 Å². The van der Waals surface area contributed by atoms with Gasteiger partial charge >= 0.3 is 0 Å². The van der Waals surface area contributed by atoms with Crippen molar-refractivity contribution in [3.63, 3.8) is 0 Å². The van der Waals surface area contributed by atoms with Crippen LogP contribution in [0.25, 0.3) is 10.9 Å². The highest BCUT2D eigenvalue weighted by Crippen LogP contribution is 2.30. The van der Waals surface area contributed by atoms with Crippen molar-refractivity contribution in [1.82, 2.24) is 14.4 Å². The second-order valence-corrected chi connectivity index (χ2v) is 7.72. The number of fused-ring (bicyclic) bond motifs is 1. The number of aromatic nitrogens is 1. The van der Waals surface area contributed by atoms with Crippen LogP contribution in [0.3, 0.4) is 0 Å². The Labute approximate surface area is 148 Å². The molecule has 2 aliphatic rings. The normalized spacial score (nSPS) is 24.5. The second kappa shape index (κ2) is 6.15. The molecule has 134 valence electrons. The number of para-hydroxylation sites is 1. The summed E-state index contributed by atoms with van der Waals surface area (Å²) in [5.74, 6) is 0.0478. The van der Waals surface area contributed by atoms with E-state index >= 15 is 0 Å². The van der Waals surface area contributed by atoms with Crippen LogP contribution in [0.5, 0.6) is 0 Å². The quantitative estimate of drug-likeness (QED) is 0.931. The first-order valence-electron chi connectivity index (χ1n) is 9.26. The molecular weight excluding hydrogens is 314 g/mol. The van der Waals surface area contributed by atoms with E-state index in [1.165, 1.54) is 12.8 Å². The Morgan fingerprint density at radius 2 is 1.92 bits per heavy atom. The molecule has 3 heterocycles. The van der Waals surface area contributed by atoms with Gasteiger partial charge in [-0.3, -0.25) is 4.79 Å². The molecule has 0 bridgehead atoms. The molecule has 1 aromatic heterocycles. The predicted molar refractivity (Wildman–Crippen MR) is 98.8 cm³/mol. The van der Waals surface area contributed by atoms with Crippen LogP contribution in [-0.4, -0.2) is 63.7 Å². The molecule has 1 atom stereocenters. The van der Waals surface area contributed by atoms with Crippen molar-refractivity contribution >= 4 is 16.8 Å². The Morgan fingerprint density at radius 3 is 2.68 bits per heavy atom. The second-order valence-electron chi connectivity index (χ2n) is 7.72. The summed E-state index contributed by atoms with van der Waals surface area (Å²) in [6.07, 6.45) is 3.10. The third-order valence-electron chi connectivity index (χ3n) is 5.95. The third-order valence-corrected chi connectivity index (χ3v) is 5.95. The highest BCUT2D eigenvalue weighted by atomic mass is 16.3. The number of nitrogens with zero attached hydrogens (tertiary/aromatic N) is 3. The van der Waals surface area contributed by atoms with Crippen LogP contribution in [0, 0.1) is 6.92 Å². The number of hydrogen-bond donors (Lipinski definition) is 1. The average molecular weight is 341 g/mol. The summed E-state index contributed by atoms with van der Waals surface area (Å²) >= 11 is 0. The molecule has 0 unspecified atom stereocenters. The zero-order valence-electron chi connectivity index (χ0n) is 15.2. The Morgan fingerprint density at radius 1 is 1.20 bits per heavy atom. The highest BCUT2D eigenvalue weighted by molar-refractivity contribution is 6.08. The summed E-state index contributed by atoms with van der Waals surface area (Å²) in [6, 6.07) is 8.04. The zero-order chi connectivity index (χ0) is 17.6. The van der Waals surface area contributed by atoms with Gasteiger partial charge < -0.3 is 19.5 Å². The minimum absolute atomic E-state index is 0.0478. The van der Waals surface area contributed by atoms with E-state index in [1.807, 2.05) is 43.1 Å². The number of carbonyl (C=O) groups is 1. The van der Waals surface area contributed by atoms with Gasteiger partial charge in [0.1, 0.15) is 0 Å². The summed E-state index contributed by atoms with van der Waals surface area (Å²) in [4.78, 5) is 17.4. The monoisotopic (exact) mass is 341 g/mol. The summed E-state index contributed by atoms with van der Waals surface area (Å²) in [6.45, 7) is 5.89. The Balaban J connectivity index is 1.57. The van der Waals surface area contributed by atoms with Crippen molar-refractivity contribution in [3.8, 4) is 0 Å². The molecule has 0 radical (unpaired) electrons. The van der Waals surface area contributed by atoms with Gasteiger partial charge in [-0.1, -0.05) is 18.2 Å². The summed E-state index contributed by atoms with van der Waals surface area (Å²) in [5, 5.41) is 12.0. The average Bonchev–Trinajstić information content (AvgIpc) is 3.29. The van der Waals surface area contributed by atoms with Crippen LogP contribution in [0.15, 0.2) is 24.3 Å². The first-order valence-corrected chi connectivity index (χ1v) is 9.26. The Bertz CT molecular complexity index is 807. The molecule has 2 aliphatic heterocycles. The van der Waals surface area contributed by atoms with Gasteiger partial charge in [-0.05, 0) is 45.3 Å². The molecule has 25 heavy (non-hydrogen) atoms. The minimum atomic E-state index is -0.765. The van der Waals surface area contributed by atoms with Crippen molar-refractivity contribution < 1.29 is 9.90 Å². The number of amides is 1. The van der Waals surface area contributed by atoms with Crippen molar-refractivity contribution in [3.05, 3.63) is 35.5 Å². The number of rotatable bonds is 3. The maximum absolute atomic E-state index is 13.2. The largest absolute Gasteiger partial charge is 0.387 e. The lowest BCUT2D eigenvalue weighted by Gasteiger charge is -2.28. The van der Waals surface area contributed by atoms with E-state index in [0.717, 1.165) is 35.2 Å². The molecule has 2 aromatic rings. The topological polar surface area (TPSA) is 48.7 Å². The number of benzene rings is 1. The van der Waals surface area contributed by atoms with E-state index in [2.05, 4.69) is 9.47 Å². The maximum atomic E-state index is 13.2. The number of β-amino-alcohol motifs (C(OH)–C–C–N with tert-alkyl or cyclic N) is 1. The first kappa shape index (κ1) is 16.6. The van der Waals surface area contributed by atoms with Gasteiger partial charge in [-0.2, -0.15) is 0 Å². The van der Waals surface area contributed by atoms with Crippen LogP contribution in [0.1, 0.15) is 35.3 Å². The van der Waals surface area contributed by atoms with Crippen LogP contribution < -0.4 is 0 Å². The van der Waals surface area contributed by atoms with Crippen LogP contribution >= 0.6 is 0 Å². The standard InChI is InChI=1S/C20H27N3O2/c1-15-18(16-7-3-4-8-17(16)21(15)2)19(24)23-12-9-20(25,14-23)13-22-10-5-6-11-22/h3-4,7-8,25H,5-6,9-14H2,1-2H3/t20-/m1/s1. The van der Waals surface area contributed by atoms with Crippen LogP contribution in [0.4, 0.5) is 0 Å². The number of likely N-dealkylation sites (tertiary alicyclic amines) is 2. The van der Waals surface area contributed by atoms with Crippen molar-refractivity contribution in [2.75, 3.05) is 32.7 Å². The smallest absolute Gasteiger partial charge is 0.256 e. The van der Waals surface area contributed by atoms with Crippen LogP contribution in [-0.2, 0) is 7.05 Å². The lowest BCUT2D eigenvalue weighted by molar-refractivity contribution is 0.0175. The lowest BCUT2D eigenvalue weighted by atomic mass is 10.0. The number of carbonyl (C=O) groups excluding carboxylic acids is 1. The highest BCUT2D eigenvalue weighted by Gasteiger charge is 2.40. The predicted octanol–water partition coefficient (Wildman–Crippen LogP) is 2.16. The lowest BCUT2D eigenvalue weighted by Crippen LogP contribution is -2.45. The molecule has 1 N–H and O–H groups in total. The molecular formula is C20H27N3O2. The molecule has 5 heteroatoms. The summed E-state index contributed by atoms with van der Waals surface area (Å²) < 4.78 is 2.08. The van der Waals surface area contributed by atoms with Gasteiger partial charge in [0.2, 0.25) is 0 Å². The Kier molecular flexibility index (Phi) is 4.08. The molecule has 0 spiro atoms. The van der Waals surface area contributed by atoms with Crippen molar-refractivity contribution in [1.29, 1.82) is 0 Å². The van der Waals surface area contributed by atoms with E-state index in [1.54, 1.807) is 0 Å². The third kappa shape index (κ3) is 2.85. The fourth-order valence-corrected chi connectivity index (χ4v) is 4.46. The van der Waals surface area contributed by atoms with Gasteiger partial charge in [0, 0.05) is 36.7 Å². The summed E-state index contributed by atoms with van der Waals surface area (Å²) in [7, 11) is 2.00. The maximum Gasteiger partial charge on any atom is 0.256 e. The molecule has 5 nitrogen and oxygen atoms in total.